The molecule has 0 unspecified atom stereocenters. The first-order chi connectivity index (χ1) is 9.58. The van der Waals surface area contributed by atoms with Crippen LogP contribution in [0.2, 0.25) is 0 Å². The molecule has 1 aliphatic heterocycles. The van der Waals surface area contributed by atoms with Crippen LogP contribution in [0.4, 0.5) is 11.4 Å². The van der Waals surface area contributed by atoms with E-state index < -0.39 is 0 Å². The van der Waals surface area contributed by atoms with Crippen molar-refractivity contribution >= 4 is 39.1 Å². The zero-order valence-electron chi connectivity index (χ0n) is 10.5. The van der Waals surface area contributed by atoms with Crippen molar-refractivity contribution in [1.82, 2.24) is 0 Å². The number of anilines is 2. The molecule has 1 heterocycles. The highest BCUT2D eigenvalue weighted by Crippen LogP contribution is 2.31. The molecule has 0 aromatic heterocycles. The van der Waals surface area contributed by atoms with Gasteiger partial charge in [0.1, 0.15) is 0 Å². The van der Waals surface area contributed by atoms with Crippen molar-refractivity contribution in [2.75, 3.05) is 10.6 Å². The summed E-state index contributed by atoms with van der Waals surface area (Å²) < 4.78 is 0.802. The van der Waals surface area contributed by atoms with Crippen molar-refractivity contribution in [3.05, 3.63) is 58.1 Å². The fraction of sp³-hybridized carbons (Fsp3) is 0.0667. The molecule has 0 radical (unpaired) electrons. The molecular weight excluding hydrogens is 320 g/mol. The molecule has 0 saturated heterocycles. The number of hydrogen-bond donors (Lipinski definition) is 1. The van der Waals surface area contributed by atoms with Gasteiger partial charge in [-0.1, -0.05) is 34.1 Å². The maximum absolute atomic E-state index is 12.5. The van der Waals surface area contributed by atoms with Crippen LogP contribution in [0.15, 0.2) is 46.9 Å². The number of imide groups is 1. The van der Waals surface area contributed by atoms with Gasteiger partial charge in [-0.3, -0.25) is 9.59 Å². The summed E-state index contributed by atoms with van der Waals surface area (Å²) in [5.74, 6) is -0.589. The maximum Gasteiger partial charge on any atom is 0.265 e. The third-order valence-corrected chi connectivity index (χ3v) is 3.77. The Bertz CT molecular complexity index is 728. The molecule has 0 bridgehead atoms. The molecule has 1 aliphatic rings. The molecule has 2 N–H and O–H groups in total. The fourth-order valence-electron chi connectivity index (χ4n) is 2.33. The molecule has 0 spiro atoms. The number of benzene rings is 2. The average molecular weight is 331 g/mol. The lowest BCUT2D eigenvalue weighted by molar-refractivity contribution is -0.117. The van der Waals surface area contributed by atoms with Gasteiger partial charge in [0.2, 0.25) is 5.91 Å². The minimum Gasteiger partial charge on any atom is -0.397 e. The molecule has 4 nitrogen and oxygen atoms in total. The first-order valence-electron chi connectivity index (χ1n) is 6.08. The fourth-order valence-corrected chi connectivity index (χ4v) is 2.71. The molecule has 100 valence electrons. The molecule has 5 heteroatoms. The molecule has 0 aliphatic carbocycles. The number of nitrogen functional groups attached to an aromatic ring is 1. The Balaban J connectivity index is 2.11. The summed E-state index contributed by atoms with van der Waals surface area (Å²) in [7, 11) is 0. The number of halogens is 1. The molecular formula is C15H11BrN2O2. The predicted octanol–water partition coefficient (Wildman–Crippen LogP) is 2.76. The number of nitrogens with zero attached hydrogens (tertiary/aromatic N) is 1. The van der Waals surface area contributed by atoms with Crippen LogP contribution in [0, 0.1) is 0 Å². The second-order valence-corrected chi connectivity index (χ2v) is 5.49. The Morgan fingerprint density at radius 3 is 2.60 bits per heavy atom. The van der Waals surface area contributed by atoms with Gasteiger partial charge >= 0.3 is 0 Å². The van der Waals surface area contributed by atoms with E-state index >= 15 is 0 Å². The van der Waals surface area contributed by atoms with Crippen molar-refractivity contribution in [3.63, 3.8) is 0 Å². The number of carbonyl (C=O) groups excluding carboxylic acids is 2. The van der Waals surface area contributed by atoms with Gasteiger partial charge in [-0.05, 0) is 29.8 Å². The zero-order valence-corrected chi connectivity index (χ0v) is 12.1. The van der Waals surface area contributed by atoms with Crippen molar-refractivity contribution in [3.8, 4) is 0 Å². The van der Waals surface area contributed by atoms with Crippen LogP contribution in [0.25, 0.3) is 0 Å². The summed E-state index contributed by atoms with van der Waals surface area (Å²) >= 11 is 3.31. The van der Waals surface area contributed by atoms with E-state index in [-0.39, 0.29) is 18.2 Å². The molecule has 2 amide bonds. The van der Waals surface area contributed by atoms with Gasteiger partial charge in [0.05, 0.1) is 17.8 Å². The normalized spacial score (nSPS) is 14.3. The summed E-state index contributed by atoms with van der Waals surface area (Å²) in [6.07, 6.45) is 0.206. The number of fused-ring (bicyclic) bond motifs is 1. The SMILES string of the molecule is Nc1cc(Br)ccc1N1C(=O)Cc2ccccc2C1=O. The second-order valence-electron chi connectivity index (χ2n) is 4.57. The van der Waals surface area contributed by atoms with Crippen LogP contribution in [0.5, 0.6) is 0 Å². The highest BCUT2D eigenvalue weighted by atomic mass is 79.9. The van der Waals surface area contributed by atoms with E-state index in [0.29, 0.717) is 16.9 Å². The summed E-state index contributed by atoms with van der Waals surface area (Å²) in [5.41, 5.74) is 8.05. The van der Waals surface area contributed by atoms with Crippen molar-refractivity contribution in [2.45, 2.75) is 6.42 Å². The largest absolute Gasteiger partial charge is 0.397 e. The maximum atomic E-state index is 12.5. The quantitative estimate of drug-likeness (QED) is 0.646. The van der Waals surface area contributed by atoms with Crippen molar-refractivity contribution < 1.29 is 9.59 Å². The molecule has 2 aromatic rings. The number of hydrogen-bond acceptors (Lipinski definition) is 3. The lowest BCUT2D eigenvalue weighted by atomic mass is 9.98. The van der Waals surface area contributed by atoms with Gasteiger partial charge in [0.15, 0.2) is 0 Å². The first-order valence-corrected chi connectivity index (χ1v) is 6.87. The Morgan fingerprint density at radius 2 is 1.85 bits per heavy atom. The van der Waals surface area contributed by atoms with E-state index in [1.165, 1.54) is 0 Å². The van der Waals surface area contributed by atoms with E-state index in [2.05, 4.69) is 15.9 Å². The third-order valence-electron chi connectivity index (χ3n) is 3.27. The molecule has 0 fully saturated rings. The standard InChI is InChI=1S/C15H11BrN2O2/c16-10-5-6-13(12(17)8-10)18-14(19)7-9-3-1-2-4-11(9)15(18)20/h1-6,8H,7,17H2. The Labute approximate surface area is 124 Å². The smallest absolute Gasteiger partial charge is 0.265 e. The van der Waals surface area contributed by atoms with Crippen LogP contribution in [0.1, 0.15) is 15.9 Å². The molecule has 0 saturated carbocycles. The number of rotatable bonds is 1. The Morgan fingerprint density at radius 1 is 1.10 bits per heavy atom. The number of amides is 2. The van der Waals surface area contributed by atoms with Gasteiger partial charge < -0.3 is 5.73 Å². The molecule has 0 atom stereocenters. The summed E-state index contributed by atoms with van der Waals surface area (Å²) in [4.78, 5) is 25.9. The van der Waals surface area contributed by atoms with Crippen LogP contribution < -0.4 is 10.6 Å². The lowest BCUT2D eigenvalue weighted by Crippen LogP contribution is -2.42. The summed E-state index contributed by atoms with van der Waals surface area (Å²) in [5, 5.41) is 0. The summed E-state index contributed by atoms with van der Waals surface area (Å²) in [6, 6.07) is 12.2. The molecule has 3 rings (SSSR count). The van der Waals surface area contributed by atoms with Gasteiger partial charge in [0, 0.05) is 10.0 Å². The minimum absolute atomic E-state index is 0.206. The van der Waals surface area contributed by atoms with E-state index in [1.807, 2.05) is 6.07 Å². The first kappa shape index (κ1) is 12.9. The van der Waals surface area contributed by atoms with Gasteiger partial charge in [0.25, 0.3) is 5.91 Å². The monoisotopic (exact) mass is 330 g/mol. The highest BCUT2D eigenvalue weighted by molar-refractivity contribution is 9.10. The van der Waals surface area contributed by atoms with Gasteiger partial charge in [-0.2, -0.15) is 0 Å². The van der Waals surface area contributed by atoms with E-state index in [1.54, 1.807) is 36.4 Å². The van der Waals surface area contributed by atoms with E-state index in [0.717, 1.165) is 14.9 Å². The van der Waals surface area contributed by atoms with Gasteiger partial charge in [-0.15, -0.1) is 0 Å². The number of carbonyl (C=O) groups is 2. The Hall–Kier alpha value is -2.14. The predicted molar refractivity (Wildman–Crippen MR) is 80.5 cm³/mol. The zero-order chi connectivity index (χ0) is 14.3. The average Bonchev–Trinajstić information content (AvgIpc) is 2.41. The lowest BCUT2D eigenvalue weighted by Gasteiger charge is -2.27. The van der Waals surface area contributed by atoms with E-state index in [9.17, 15) is 9.59 Å². The highest BCUT2D eigenvalue weighted by Gasteiger charge is 2.32. The van der Waals surface area contributed by atoms with Crippen LogP contribution in [-0.2, 0) is 11.2 Å². The summed E-state index contributed by atoms with van der Waals surface area (Å²) in [6.45, 7) is 0. The van der Waals surface area contributed by atoms with Crippen LogP contribution in [0.3, 0.4) is 0 Å². The van der Waals surface area contributed by atoms with Crippen molar-refractivity contribution in [2.24, 2.45) is 0 Å². The van der Waals surface area contributed by atoms with Crippen molar-refractivity contribution in [1.29, 1.82) is 0 Å². The molecule has 20 heavy (non-hydrogen) atoms. The van der Waals surface area contributed by atoms with Crippen LogP contribution >= 0.6 is 15.9 Å². The second kappa shape index (κ2) is 4.76. The van der Waals surface area contributed by atoms with Crippen LogP contribution in [-0.4, -0.2) is 11.8 Å². The molecule has 2 aromatic carbocycles. The van der Waals surface area contributed by atoms with E-state index in [4.69, 9.17) is 5.73 Å². The topological polar surface area (TPSA) is 63.4 Å². The number of nitrogens with two attached hydrogens (primary N) is 1. The third kappa shape index (κ3) is 2.00. The van der Waals surface area contributed by atoms with Gasteiger partial charge in [-0.25, -0.2) is 4.90 Å². The minimum atomic E-state index is -0.328. The Kier molecular flexibility index (Phi) is 3.06.